The molecule has 0 bridgehead atoms. The number of carbonyl (C=O) groups is 1. The highest BCUT2D eigenvalue weighted by Gasteiger charge is 2.29. The molecule has 1 atom stereocenters. The van der Waals surface area contributed by atoms with Crippen LogP contribution >= 0.6 is 0 Å². The Morgan fingerprint density at radius 3 is 2.55 bits per heavy atom. The average Bonchev–Trinajstić information content (AvgIpc) is 3.16. The number of amides is 1. The van der Waals surface area contributed by atoms with Gasteiger partial charge in [-0.1, -0.05) is 18.2 Å². The van der Waals surface area contributed by atoms with E-state index in [0.717, 1.165) is 22.9 Å². The molecule has 0 spiro atoms. The Morgan fingerprint density at radius 2 is 1.87 bits per heavy atom. The first-order chi connectivity index (χ1) is 14.7. The molecule has 2 aromatic carbocycles. The summed E-state index contributed by atoms with van der Waals surface area (Å²) in [7, 11) is -3.45. The molecule has 166 valence electrons. The van der Waals surface area contributed by atoms with Crippen molar-refractivity contribution in [3.8, 4) is 5.75 Å². The van der Waals surface area contributed by atoms with Gasteiger partial charge in [-0.3, -0.25) is 4.79 Å². The fourth-order valence-corrected chi connectivity index (χ4v) is 4.52. The van der Waals surface area contributed by atoms with Crippen molar-refractivity contribution in [1.82, 2.24) is 4.90 Å². The van der Waals surface area contributed by atoms with Gasteiger partial charge in [-0.05, 0) is 48.7 Å². The van der Waals surface area contributed by atoms with Crippen molar-refractivity contribution in [3.05, 3.63) is 58.7 Å². The number of ether oxygens (including phenoxy) is 3. The van der Waals surface area contributed by atoms with Crippen molar-refractivity contribution >= 4 is 15.7 Å². The number of nitrogens with zero attached hydrogens (tertiary/aromatic N) is 1. The van der Waals surface area contributed by atoms with Crippen LogP contribution in [0.5, 0.6) is 5.75 Å². The Bertz CT molecular complexity index is 1090. The zero-order valence-electron chi connectivity index (χ0n) is 18.0. The van der Waals surface area contributed by atoms with E-state index in [9.17, 15) is 13.2 Å². The van der Waals surface area contributed by atoms with Crippen LogP contribution in [-0.2, 0) is 32.4 Å². The molecule has 8 heteroatoms. The first-order valence-electron chi connectivity index (χ1n) is 10.3. The topological polar surface area (TPSA) is 82.1 Å². The van der Waals surface area contributed by atoms with Crippen LogP contribution in [0, 0.1) is 0 Å². The Balaban J connectivity index is 1.60. The summed E-state index contributed by atoms with van der Waals surface area (Å²) in [5.74, 6) is 0.132. The SMILES string of the molecule is CC(C)Oc1ccc(S(C)(=O)=O)cc1C(=O)N1Cc2ccc(C3COCCO3)cc2C1. The van der Waals surface area contributed by atoms with E-state index in [1.165, 1.54) is 12.1 Å². The molecule has 2 heterocycles. The van der Waals surface area contributed by atoms with Crippen molar-refractivity contribution in [2.45, 2.75) is 44.0 Å². The summed E-state index contributed by atoms with van der Waals surface area (Å²) < 4.78 is 41.2. The van der Waals surface area contributed by atoms with Crippen molar-refractivity contribution in [1.29, 1.82) is 0 Å². The highest BCUT2D eigenvalue weighted by molar-refractivity contribution is 7.90. The van der Waals surface area contributed by atoms with Crippen molar-refractivity contribution in [2.75, 3.05) is 26.1 Å². The Morgan fingerprint density at radius 1 is 1.10 bits per heavy atom. The summed E-state index contributed by atoms with van der Waals surface area (Å²) in [5.41, 5.74) is 3.43. The zero-order chi connectivity index (χ0) is 22.2. The number of hydrogen-bond acceptors (Lipinski definition) is 6. The number of carbonyl (C=O) groups excluding carboxylic acids is 1. The Hall–Kier alpha value is -2.42. The Kier molecular flexibility index (Phi) is 6.05. The van der Waals surface area contributed by atoms with Gasteiger partial charge < -0.3 is 19.1 Å². The van der Waals surface area contributed by atoms with E-state index in [-0.39, 0.29) is 28.6 Å². The summed E-state index contributed by atoms with van der Waals surface area (Å²) in [6.45, 7) is 6.33. The molecule has 2 aliphatic rings. The van der Waals surface area contributed by atoms with Crippen molar-refractivity contribution < 1.29 is 27.4 Å². The summed E-state index contributed by atoms with van der Waals surface area (Å²) in [6.07, 6.45) is 0.886. The molecule has 1 amide bonds. The van der Waals surface area contributed by atoms with Crippen molar-refractivity contribution in [2.24, 2.45) is 0 Å². The molecule has 31 heavy (non-hydrogen) atoms. The molecule has 1 unspecified atom stereocenters. The lowest BCUT2D eigenvalue weighted by Gasteiger charge is -2.23. The van der Waals surface area contributed by atoms with Gasteiger partial charge in [-0.2, -0.15) is 0 Å². The average molecular weight is 446 g/mol. The minimum Gasteiger partial charge on any atom is -0.490 e. The predicted molar refractivity (Wildman–Crippen MR) is 115 cm³/mol. The van der Waals surface area contributed by atoms with Crippen LogP contribution in [0.4, 0.5) is 0 Å². The molecule has 4 rings (SSSR count). The molecule has 0 radical (unpaired) electrons. The number of benzene rings is 2. The second-order valence-corrected chi connectivity index (χ2v) is 10.2. The van der Waals surface area contributed by atoms with Gasteiger partial charge in [-0.15, -0.1) is 0 Å². The quantitative estimate of drug-likeness (QED) is 0.703. The molecular formula is C23H27NO6S. The normalized spacial score (nSPS) is 18.8. The van der Waals surface area contributed by atoms with Gasteiger partial charge in [0, 0.05) is 19.3 Å². The largest absolute Gasteiger partial charge is 0.490 e. The van der Waals surface area contributed by atoms with Crippen LogP contribution in [0.15, 0.2) is 41.3 Å². The third-order valence-corrected chi connectivity index (χ3v) is 6.51. The third kappa shape index (κ3) is 4.76. The lowest BCUT2D eigenvalue weighted by molar-refractivity contribution is -0.0901. The van der Waals surface area contributed by atoms with Gasteiger partial charge in [0.15, 0.2) is 9.84 Å². The van der Waals surface area contributed by atoms with Crippen LogP contribution in [0.25, 0.3) is 0 Å². The van der Waals surface area contributed by atoms with Crippen LogP contribution in [-0.4, -0.2) is 51.4 Å². The molecule has 2 aliphatic heterocycles. The van der Waals surface area contributed by atoms with E-state index in [2.05, 4.69) is 6.07 Å². The van der Waals surface area contributed by atoms with Crippen LogP contribution in [0.1, 0.15) is 47.0 Å². The van der Waals surface area contributed by atoms with Crippen LogP contribution < -0.4 is 4.74 Å². The number of sulfone groups is 1. The molecule has 0 aliphatic carbocycles. The van der Waals surface area contributed by atoms with Crippen LogP contribution in [0.3, 0.4) is 0 Å². The monoisotopic (exact) mass is 445 g/mol. The predicted octanol–water partition coefficient (Wildman–Crippen LogP) is 3.12. The van der Waals surface area contributed by atoms with E-state index in [4.69, 9.17) is 14.2 Å². The second kappa shape index (κ2) is 8.61. The van der Waals surface area contributed by atoms with Gasteiger partial charge in [-0.25, -0.2) is 8.42 Å². The van der Waals surface area contributed by atoms with E-state index < -0.39 is 9.84 Å². The molecule has 0 N–H and O–H groups in total. The first kappa shape index (κ1) is 21.8. The van der Waals surface area contributed by atoms with E-state index in [0.29, 0.717) is 38.7 Å². The maximum Gasteiger partial charge on any atom is 0.258 e. The van der Waals surface area contributed by atoms with Gasteiger partial charge >= 0.3 is 0 Å². The maximum atomic E-state index is 13.4. The summed E-state index contributed by atoms with van der Waals surface area (Å²) in [6, 6.07) is 10.6. The summed E-state index contributed by atoms with van der Waals surface area (Å²) in [5, 5.41) is 0. The molecule has 2 aromatic rings. The fraction of sp³-hybridized carbons (Fsp3) is 0.435. The number of rotatable bonds is 5. The fourth-order valence-electron chi connectivity index (χ4n) is 3.87. The second-order valence-electron chi connectivity index (χ2n) is 8.22. The zero-order valence-corrected chi connectivity index (χ0v) is 18.8. The van der Waals surface area contributed by atoms with Gasteiger partial charge in [0.1, 0.15) is 11.9 Å². The van der Waals surface area contributed by atoms with E-state index in [1.807, 2.05) is 26.0 Å². The smallest absolute Gasteiger partial charge is 0.258 e. The van der Waals surface area contributed by atoms with Gasteiger partial charge in [0.2, 0.25) is 0 Å². The number of fused-ring (bicyclic) bond motifs is 1. The van der Waals surface area contributed by atoms with E-state index >= 15 is 0 Å². The molecule has 1 fully saturated rings. The first-order valence-corrected chi connectivity index (χ1v) is 12.2. The lowest BCUT2D eigenvalue weighted by Crippen LogP contribution is -2.26. The van der Waals surface area contributed by atoms with Gasteiger partial charge in [0.25, 0.3) is 5.91 Å². The third-order valence-electron chi connectivity index (χ3n) is 5.40. The molecule has 0 aromatic heterocycles. The maximum absolute atomic E-state index is 13.4. The lowest BCUT2D eigenvalue weighted by atomic mass is 10.0. The standard InChI is InChI=1S/C23H27NO6S/c1-15(2)30-21-7-6-19(31(3,26)27)11-20(21)23(25)24-12-17-5-4-16(10-18(17)13-24)22-14-28-8-9-29-22/h4-7,10-11,15,22H,8-9,12-14H2,1-3H3. The molecule has 0 saturated carbocycles. The van der Waals surface area contributed by atoms with Gasteiger partial charge in [0.05, 0.1) is 36.4 Å². The highest BCUT2D eigenvalue weighted by Crippen LogP contribution is 2.32. The van der Waals surface area contributed by atoms with Crippen molar-refractivity contribution in [3.63, 3.8) is 0 Å². The molecular weight excluding hydrogens is 418 g/mol. The Labute approximate surface area is 182 Å². The molecule has 1 saturated heterocycles. The highest BCUT2D eigenvalue weighted by atomic mass is 32.2. The summed E-state index contributed by atoms with van der Waals surface area (Å²) >= 11 is 0. The number of hydrogen-bond donors (Lipinski definition) is 0. The summed E-state index contributed by atoms with van der Waals surface area (Å²) in [4.78, 5) is 15.2. The minimum atomic E-state index is -3.45. The minimum absolute atomic E-state index is 0.0960. The van der Waals surface area contributed by atoms with E-state index in [1.54, 1.807) is 11.0 Å². The van der Waals surface area contributed by atoms with Crippen LogP contribution in [0.2, 0.25) is 0 Å². The molecule has 7 nitrogen and oxygen atoms in total.